The van der Waals surface area contributed by atoms with Crippen LogP contribution in [-0.4, -0.2) is 73.6 Å². The smallest absolute Gasteiger partial charge is 0.227 e. The third-order valence-electron chi connectivity index (χ3n) is 6.93. The van der Waals surface area contributed by atoms with Crippen molar-refractivity contribution in [1.29, 1.82) is 0 Å². The molecule has 7 heteroatoms. The Morgan fingerprint density at radius 3 is 2.61 bits per heavy atom. The van der Waals surface area contributed by atoms with Gasteiger partial charge in [0.1, 0.15) is 0 Å². The first kappa shape index (κ1) is 21.9. The summed E-state index contributed by atoms with van der Waals surface area (Å²) in [6.45, 7) is 5.97. The summed E-state index contributed by atoms with van der Waals surface area (Å²) < 4.78 is 6.13. The van der Waals surface area contributed by atoms with Gasteiger partial charge in [0, 0.05) is 58.4 Å². The highest BCUT2D eigenvalue weighted by molar-refractivity contribution is 5.95. The van der Waals surface area contributed by atoms with Gasteiger partial charge in [-0.1, -0.05) is 42.5 Å². The zero-order valence-electron chi connectivity index (χ0n) is 19.3. The average molecular weight is 448 g/mol. The Bertz CT molecular complexity index is 978. The van der Waals surface area contributed by atoms with Crippen molar-refractivity contribution in [2.75, 3.05) is 44.7 Å². The standard InChI is InChI=1S/C26H33N5O2/c1-27-26(28-16-20-9-11-22(12-10-20)31-13-5-8-25(31)32)30-18-23-24(19-30)33-15-14-29(23)17-21-6-3-2-4-7-21/h2-4,6-7,9-12,23-24H,5,8,13-19H2,1H3,(H,27,28). The van der Waals surface area contributed by atoms with Crippen LogP contribution in [0.4, 0.5) is 5.69 Å². The van der Waals surface area contributed by atoms with E-state index in [4.69, 9.17) is 4.74 Å². The second-order valence-corrected chi connectivity index (χ2v) is 9.05. The van der Waals surface area contributed by atoms with Crippen molar-refractivity contribution in [1.82, 2.24) is 15.1 Å². The number of nitrogens with zero attached hydrogens (tertiary/aromatic N) is 4. The van der Waals surface area contributed by atoms with E-state index < -0.39 is 0 Å². The quantitative estimate of drug-likeness (QED) is 0.564. The number of hydrogen-bond donors (Lipinski definition) is 1. The largest absolute Gasteiger partial charge is 0.373 e. The average Bonchev–Trinajstić information content (AvgIpc) is 3.47. The lowest BCUT2D eigenvalue weighted by Gasteiger charge is -2.36. The molecule has 3 aliphatic heterocycles. The molecule has 0 radical (unpaired) electrons. The van der Waals surface area contributed by atoms with Gasteiger partial charge in [-0.25, -0.2) is 0 Å². The highest BCUT2D eigenvalue weighted by atomic mass is 16.5. The lowest BCUT2D eigenvalue weighted by Crippen LogP contribution is -2.50. The van der Waals surface area contributed by atoms with Crippen LogP contribution in [0.1, 0.15) is 24.0 Å². The lowest BCUT2D eigenvalue weighted by atomic mass is 10.1. The lowest BCUT2D eigenvalue weighted by molar-refractivity contribution is -0.117. The van der Waals surface area contributed by atoms with Crippen LogP contribution in [0.3, 0.4) is 0 Å². The third kappa shape index (κ3) is 4.89. The van der Waals surface area contributed by atoms with Crippen LogP contribution < -0.4 is 10.2 Å². The van der Waals surface area contributed by atoms with Crippen molar-refractivity contribution in [3.63, 3.8) is 0 Å². The van der Waals surface area contributed by atoms with Crippen LogP contribution in [0, 0.1) is 0 Å². The van der Waals surface area contributed by atoms with E-state index in [-0.39, 0.29) is 12.0 Å². The van der Waals surface area contributed by atoms with E-state index in [0.717, 1.165) is 57.4 Å². The van der Waals surface area contributed by atoms with E-state index in [1.54, 1.807) is 0 Å². The van der Waals surface area contributed by atoms with Crippen LogP contribution in [0.2, 0.25) is 0 Å². The molecule has 3 saturated heterocycles. The zero-order valence-corrected chi connectivity index (χ0v) is 19.3. The normalized spacial score (nSPS) is 23.8. The van der Waals surface area contributed by atoms with Gasteiger partial charge >= 0.3 is 0 Å². The highest BCUT2D eigenvalue weighted by Crippen LogP contribution is 2.25. The molecule has 174 valence electrons. The van der Waals surface area contributed by atoms with Crippen molar-refractivity contribution in [3.8, 4) is 0 Å². The number of carbonyl (C=O) groups excluding carboxylic acids is 1. The van der Waals surface area contributed by atoms with E-state index in [1.165, 1.54) is 11.1 Å². The van der Waals surface area contributed by atoms with E-state index >= 15 is 0 Å². The summed E-state index contributed by atoms with van der Waals surface area (Å²) in [4.78, 5) is 23.3. The number of fused-ring (bicyclic) bond motifs is 1. The Morgan fingerprint density at radius 1 is 1.06 bits per heavy atom. The Kier molecular flexibility index (Phi) is 6.60. The summed E-state index contributed by atoms with van der Waals surface area (Å²) in [5.74, 6) is 1.13. The van der Waals surface area contributed by atoms with Crippen molar-refractivity contribution in [2.24, 2.45) is 4.99 Å². The molecule has 5 rings (SSSR count). The molecule has 0 aliphatic carbocycles. The van der Waals surface area contributed by atoms with E-state index in [0.29, 0.717) is 19.0 Å². The zero-order chi connectivity index (χ0) is 22.6. The molecule has 3 fully saturated rings. The van der Waals surface area contributed by atoms with E-state index in [2.05, 4.69) is 62.6 Å². The Morgan fingerprint density at radius 2 is 1.88 bits per heavy atom. The van der Waals surface area contributed by atoms with Gasteiger partial charge in [-0.2, -0.15) is 0 Å². The first-order chi connectivity index (χ1) is 16.2. The topological polar surface area (TPSA) is 60.4 Å². The van der Waals surface area contributed by atoms with Gasteiger partial charge in [-0.05, 0) is 29.7 Å². The summed E-state index contributed by atoms with van der Waals surface area (Å²) in [5.41, 5.74) is 3.51. The molecule has 0 saturated carbocycles. The van der Waals surface area contributed by atoms with Crippen LogP contribution >= 0.6 is 0 Å². The SMILES string of the molecule is CN=C(NCc1ccc(N2CCCC2=O)cc1)N1CC2OCCN(Cc3ccccc3)C2C1. The molecule has 0 aromatic heterocycles. The second kappa shape index (κ2) is 9.93. The van der Waals surface area contributed by atoms with Crippen LogP contribution in [0.15, 0.2) is 59.6 Å². The number of rotatable bonds is 5. The summed E-state index contributed by atoms with van der Waals surface area (Å²) in [7, 11) is 1.84. The number of likely N-dealkylation sites (tertiary alicyclic amines) is 1. The molecule has 0 bridgehead atoms. The maximum absolute atomic E-state index is 12.0. The molecule has 2 aromatic carbocycles. The van der Waals surface area contributed by atoms with Crippen molar-refractivity contribution >= 4 is 17.6 Å². The first-order valence-electron chi connectivity index (χ1n) is 12.0. The number of amides is 1. The molecule has 3 heterocycles. The summed E-state index contributed by atoms with van der Waals surface area (Å²) >= 11 is 0. The molecule has 1 N–H and O–H groups in total. The van der Waals surface area contributed by atoms with Gasteiger partial charge in [0.05, 0.1) is 18.8 Å². The Hall–Kier alpha value is -2.90. The second-order valence-electron chi connectivity index (χ2n) is 9.05. The number of hydrogen-bond acceptors (Lipinski definition) is 4. The fourth-order valence-electron chi connectivity index (χ4n) is 5.17. The van der Waals surface area contributed by atoms with Crippen LogP contribution in [0.5, 0.6) is 0 Å². The first-order valence-corrected chi connectivity index (χ1v) is 12.0. The minimum absolute atomic E-state index is 0.207. The number of guanidine groups is 1. The highest BCUT2D eigenvalue weighted by Gasteiger charge is 2.41. The number of anilines is 1. The molecule has 3 aliphatic rings. The number of benzene rings is 2. The molecule has 0 spiro atoms. The molecule has 2 aromatic rings. The predicted octanol–water partition coefficient (Wildman–Crippen LogP) is 2.47. The van der Waals surface area contributed by atoms with Gasteiger partial charge in [0.25, 0.3) is 0 Å². The van der Waals surface area contributed by atoms with Gasteiger partial charge in [-0.3, -0.25) is 14.7 Å². The molecule has 7 nitrogen and oxygen atoms in total. The predicted molar refractivity (Wildman–Crippen MR) is 130 cm³/mol. The number of nitrogens with one attached hydrogen (secondary N) is 1. The van der Waals surface area contributed by atoms with Crippen molar-refractivity contribution in [3.05, 3.63) is 65.7 Å². The molecule has 2 unspecified atom stereocenters. The third-order valence-corrected chi connectivity index (χ3v) is 6.93. The number of aliphatic imine (C=N–C) groups is 1. The van der Waals surface area contributed by atoms with E-state index in [1.807, 2.05) is 24.1 Å². The fraction of sp³-hybridized carbons (Fsp3) is 0.462. The number of carbonyl (C=O) groups is 1. The van der Waals surface area contributed by atoms with Crippen LogP contribution in [-0.2, 0) is 22.6 Å². The molecular weight excluding hydrogens is 414 g/mol. The van der Waals surface area contributed by atoms with Crippen LogP contribution in [0.25, 0.3) is 0 Å². The number of ether oxygens (including phenoxy) is 1. The van der Waals surface area contributed by atoms with Gasteiger partial charge in [0.2, 0.25) is 5.91 Å². The maximum Gasteiger partial charge on any atom is 0.227 e. The van der Waals surface area contributed by atoms with Gasteiger partial charge < -0.3 is 19.9 Å². The molecule has 1 amide bonds. The van der Waals surface area contributed by atoms with E-state index in [9.17, 15) is 4.79 Å². The summed E-state index contributed by atoms with van der Waals surface area (Å²) in [5, 5.41) is 3.52. The van der Waals surface area contributed by atoms with Crippen molar-refractivity contribution in [2.45, 2.75) is 38.1 Å². The molecular formula is C26H33N5O2. The number of morpholine rings is 1. The monoisotopic (exact) mass is 447 g/mol. The fourth-order valence-corrected chi connectivity index (χ4v) is 5.17. The Balaban J connectivity index is 1.18. The molecule has 33 heavy (non-hydrogen) atoms. The van der Waals surface area contributed by atoms with Gasteiger partial charge in [0.15, 0.2) is 5.96 Å². The van der Waals surface area contributed by atoms with Crippen molar-refractivity contribution < 1.29 is 9.53 Å². The summed E-state index contributed by atoms with van der Waals surface area (Å²) in [6.07, 6.45) is 1.81. The minimum Gasteiger partial charge on any atom is -0.373 e. The van der Waals surface area contributed by atoms with Gasteiger partial charge in [-0.15, -0.1) is 0 Å². The summed E-state index contributed by atoms with van der Waals surface area (Å²) in [6, 6.07) is 19.3. The molecule has 2 atom stereocenters. The maximum atomic E-state index is 12.0. The minimum atomic E-state index is 0.207. The Labute approximate surface area is 196 Å².